The maximum atomic E-state index is 13.7. The predicted molar refractivity (Wildman–Crippen MR) is 82.0 cm³/mol. The van der Waals surface area contributed by atoms with Gasteiger partial charge in [0, 0.05) is 6.42 Å². The lowest BCUT2D eigenvalue weighted by Crippen LogP contribution is -2.46. The number of nitrogens with one attached hydrogen (secondary N) is 1. The summed E-state index contributed by atoms with van der Waals surface area (Å²) in [5.74, 6) is -2.71. The van der Waals surface area contributed by atoms with Gasteiger partial charge in [0.05, 0.1) is 11.1 Å². The summed E-state index contributed by atoms with van der Waals surface area (Å²) >= 11 is 0. The average Bonchev–Trinajstić information content (AvgIpc) is 2.55. The number of primary amides is 1. The number of hydrogen-bond acceptors (Lipinski definition) is 2. The van der Waals surface area contributed by atoms with E-state index >= 15 is 0 Å². The van der Waals surface area contributed by atoms with E-state index in [9.17, 15) is 27.2 Å². The van der Waals surface area contributed by atoms with Crippen LogP contribution in [0, 0.1) is 5.82 Å². The van der Waals surface area contributed by atoms with Gasteiger partial charge in [0.1, 0.15) is 11.9 Å². The molecule has 0 radical (unpaired) electrons. The first-order valence-corrected chi connectivity index (χ1v) is 7.20. The number of nitrogens with two attached hydrogens (primary N) is 1. The Morgan fingerprint density at radius 3 is 2.24 bits per heavy atom. The molecule has 0 aromatic heterocycles. The number of hydrogen-bond donors (Lipinski definition) is 2. The summed E-state index contributed by atoms with van der Waals surface area (Å²) in [7, 11) is 0. The smallest absolute Gasteiger partial charge is 0.368 e. The molecule has 0 saturated heterocycles. The van der Waals surface area contributed by atoms with Gasteiger partial charge in [0.15, 0.2) is 0 Å². The van der Waals surface area contributed by atoms with Crippen LogP contribution in [-0.2, 0) is 17.4 Å². The molecular weight excluding hydrogens is 340 g/mol. The van der Waals surface area contributed by atoms with E-state index in [1.807, 2.05) is 0 Å². The lowest BCUT2D eigenvalue weighted by molar-refractivity contribution is -0.137. The van der Waals surface area contributed by atoms with Crippen molar-refractivity contribution in [2.45, 2.75) is 18.6 Å². The Hall–Kier alpha value is -2.90. The van der Waals surface area contributed by atoms with Gasteiger partial charge in [-0.05, 0) is 23.8 Å². The van der Waals surface area contributed by atoms with Crippen molar-refractivity contribution in [2.75, 3.05) is 0 Å². The fraction of sp³-hybridized carbons (Fsp3) is 0.176. The van der Waals surface area contributed by atoms with Crippen LogP contribution in [0.1, 0.15) is 21.5 Å². The Kier molecular flexibility index (Phi) is 5.41. The number of amides is 2. The highest BCUT2D eigenvalue weighted by Gasteiger charge is 2.35. The molecule has 2 amide bonds. The molecule has 0 aliphatic heterocycles. The van der Waals surface area contributed by atoms with E-state index in [2.05, 4.69) is 5.32 Å². The molecule has 132 valence electrons. The van der Waals surface area contributed by atoms with Crippen molar-refractivity contribution in [2.24, 2.45) is 5.73 Å². The van der Waals surface area contributed by atoms with Crippen molar-refractivity contribution in [3.63, 3.8) is 0 Å². The van der Waals surface area contributed by atoms with Crippen molar-refractivity contribution in [3.05, 3.63) is 71.0 Å². The monoisotopic (exact) mass is 354 g/mol. The SMILES string of the molecule is NC(=O)[C@@H](Cc1ccccc1F)NC(=O)c1ccccc1C(F)(F)F. The van der Waals surface area contributed by atoms with Crippen LogP contribution in [0.2, 0.25) is 0 Å². The molecule has 25 heavy (non-hydrogen) atoms. The minimum absolute atomic E-state index is 0.107. The van der Waals surface area contributed by atoms with Crippen molar-refractivity contribution in [1.29, 1.82) is 0 Å². The molecule has 8 heteroatoms. The van der Waals surface area contributed by atoms with Crippen LogP contribution in [0.5, 0.6) is 0 Å². The second kappa shape index (κ2) is 7.33. The number of carbonyl (C=O) groups is 2. The minimum Gasteiger partial charge on any atom is -0.368 e. The van der Waals surface area contributed by atoms with Crippen LogP contribution in [0.25, 0.3) is 0 Å². The zero-order valence-electron chi connectivity index (χ0n) is 12.8. The standard InChI is InChI=1S/C17H14F4N2O2/c18-13-8-4-1-5-10(13)9-14(15(22)24)23-16(25)11-6-2-3-7-12(11)17(19,20)21/h1-8,14H,9H2,(H2,22,24)(H,23,25)/t14-/m1/s1. The van der Waals surface area contributed by atoms with Crippen LogP contribution >= 0.6 is 0 Å². The van der Waals surface area contributed by atoms with Gasteiger partial charge in [-0.25, -0.2) is 4.39 Å². The number of carbonyl (C=O) groups excluding carboxylic acids is 2. The van der Waals surface area contributed by atoms with Crippen molar-refractivity contribution in [1.82, 2.24) is 5.32 Å². The van der Waals surface area contributed by atoms with E-state index < -0.39 is 41.0 Å². The molecule has 0 saturated carbocycles. The Morgan fingerprint density at radius 1 is 1.04 bits per heavy atom. The van der Waals surface area contributed by atoms with Gasteiger partial charge in [-0.2, -0.15) is 13.2 Å². The fourth-order valence-electron chi connectivity index (χ4n) is 2.27. The molecule has 2 rings (SSSR count). The first kappa shape index (κ1) is 18.4. The van der Waals surface area contributed by atoms with Gasteiger partial charge in [-0.1, -0.05) is 30.3 Å². The maximum Gasteiger partial charge on any atom is 0.417 e. The van der Waals surface area contributed by atoms with Gasteiger partial charge >= 0.3 is 6.18 Å². The quantitative estimate of drug-likeness (QED) is 0.811. The molecule has 0 aliphatic rings. The highest BCUT2D eigenvalue weighted by molar-refractivity contribution is 5.98. The lowest BCUT2D eigenvalue weighted by Gasteiger charge is -2.18. The molecule has 1 atom stereocenters. The Morgan fingerprint density at radius 2 is 1.64 bits per heavy atom. The van der Waals surface area contributed by atoms with Gasteiger partial charge in [-0.15, -0.1) is 0 Å². The maximum absolute atomic E-state index is 13.7. The van der Waals surface area contributed by atoms with Gasteiger partial charge < -0.3 is 11.1 Å². The third kappa shape index (κ3) is 4.56. The third-order valence-electron chi connectivity index (χ3n) is 3.51. The molecule has 4 nitrogen and oxygen atoms in total. The normalized spacial score (nSPS) is 12.5. The lowest BCUT2D eigenvalue weighted by atomic mass is 10.0. The molecule has 0 fully saturated rings. The number of benzene rings is 2. The summed E-state index contributed by atoms with van der Waals surface area (Å²) < 4.78 is 52.6. The van der Waals surface area contributed by atoms with Crippen LogP contribution in [0.15, 0.2) is 48.5 Å². The van der Waals surface area contributed by atoms with Crippen LogP contribution < -0.4 is 11.1 Å². The second-order valence-corrected chi connectivity index (χ2v) is 5.27. The third-order valence-corrected chi connectivity index (χ3v) is 3.51. The molecular formula is C17H14F4N2O2. The molecule has 0 unspecified atom stereocenters. The molecule has 0 spiro atoms. The summed E-state index contributed by atoms with van der Waals surface area (Å²) in [6, 6.07) is 8.31. The molecule has 0 aliphatic carbocycles. The summed E-state index contributed by atoms with van der Waals surface area (Å²) in [5, 5.41) is 2.14. The average molecular weight is 354 g/mol. The largest absolute Gasteiger partial charge is 0.417 e. The fourth-order valence-corrected chi connectivity index (χ4v) is 2.27. The number of halogens is 4. The Balaban J connectivity index is 2.25. The zero-order chi connectivity index (χ0) is 18.6. The first-order valence-electron chi connectivity index (χ1n) is 7.20. The zero-order valence-corrected chi connectivity index (χ0v) is 12.8. The molecule has 0 bridgehead atoms. The van der Waals surface area contributed by atoms with Crippen molar-refractivity contribution in [3.8, 4) is 0 Å². The van der Waals surface area contributed by atoms with Crippen LogP contribution in [0.3, 0.4) is 0 Å². The Bertz CT molecular complexity index is 790. The van der Waals surface area contributed by atoms with Crippen molar-refractivity contribution < 1.29 is 27.2 Å². The summed E-state index contributed by atoms with van der Waals surface area (Å²) in [6.07, 6.45) is -5.01. The van der Waals surface area contributed by atoms with Crippen LogP contribution in [-0.4, -0.2) is 17.9 Å². The topological polar surface area (TPSA) is 72.2 Å². The van der Waals surface area contributed by atoms with Gasteiger partial charge in [-0.3, -0.25) is 9.59 Å². The molecule has 2 aromatic carbocycles. The molecule has 2 aromatic rings. The first-order chi connectivity index (χ1) is 11.7. The Labute approximate surface area is 140 Å². The van der Waals surface area contributed by atoms with E-state index in [0.29, 0.717) is 0 Å². The summed E-state index contributed by atoms with van der Waals surface area (Å²) in [4.78, 5) is 23.7. The number of rotatable bonds is 5. The minimum atomic E-state index is -4.73. The predicted octanol–water partition coefficient (Wildman–Crippen LogP) is 2.67. The van der Waals surface area contributed by atoms with E-state index in [-0.39, 0.29) is 12.0 Å². The van der Waals surface area contributed by atoms with E-state index in [1.165, 1.54) is 24.3 Å². The summed E-state index contributed by atoms with van der Waals surface area (Å²) in [5.41, 5.74) is 3.51. The van der Waals surface area contributed by atoms with Crippen LogP contribution in [0.4, 0.5) is 17.6 Å². The van der Waals surface area contributed by atoms with E-state index in [1.54, 1.807) is 0 Å². The molecule has 0 heterocycles. The second-order valence-electron chi connectivity index (χ2n) is 5.27. The van der Waals surface area contributed by atoms with Crippen molar-refractivity contribution >= 4 is 11.8 Å². The van der Waals surface area contributed by atoms with Gasteiger partial charge in [0.2, 0.25) is 5.91 Å². The number of alkyl halides is 3. The van der Waals surface area contributed by atoms with Gasteiger partial charge in [0.25, 0.3) is 5.91 Å². The highest BCUT2D eigenvalue weighted by Crippen LogP contribution is 2.31. The van der Waals surface area contributed by atoms with E-state index in [4.69, 9.17) is 5.73 Å². The van der Waals surface area contributed by atoms with E-state index in [0.717, 1.165) is 24.3 Å². The summed E-state index contributed by atoms with van der Waals surface area (Å²) in [6.45, 7) is 0. The molecule has 3 N–H and O–H groups in total. The highest BCUT2D eigenvalue weighted by atomic mass is 19.4.